The van der Waals surface area contributed by atoms with Gasteiger partial charge < -0.3 is 0 Å². The summed E-state index contributed by atoms with van der Waals surface area (Å²) in [5.74, 6) is 2.01. The molecular formula is C39H23N3Se. The van der Waals surface area contributed by atoms with Gasteiger partial charge in [-0.2, -0.15) is 0 Å². The van der Waals surface area contributed by atoms with Crippen molar-refractivity contribution >= 4 is 66.1 Å². The van der Waals surface area contributed by atoms with Crippen LogP contribution in [-0.2, 0) is 0 Å². The first-order valence-electron chi connectivity index (χ1n) is 14.4. The van der Waals surface area contributed by atoms with E-state index < -0.39 is 0 Å². The van der Waals surface area contributed by atoms with Crippen LogP contribution >= 0.6 is 0 Å². The van der Waals surface area contributed by atoms with Gasteiger partial charge in [-0.3, -0.25) is 0 Å². The molecule has 0 atom stereocenters. The Hall–Kier alpha value is -5.15. The number of nitrogens with zero attached hydrogens (tertiary/aromatic N) is 3. The summed E-state index contributed by atoms with van der Waals surface area (Å²) in [6.07, 6.45) is 0. The first-order valence-corrected chi connectivity index (χ1v) is 16.1. The number of rotatable bonds is 3. The van der Waals surface area contributed by atoms with Crippen molar-refractivity contribution in [2.75, 3.05) is 0 Å². The molecule has 0 aliphatic carbocycles. The van der Waals surface area contributed by atoms with Crippen molar-refractivity contribution in [3.8, 4) is 34.2 Å². The van der Waals surface area contributed by atoms with Gasteiger partial charge in [-0.15, -0.1) is 0 Å². The predicted molar refractivity (Wildman–Crippen MR) is 181 cm³/mol. The van der Waals surface area contributed by atoms with Crippen LogP contribution in [0.5, 0.6) is 0 Å². The number of aromatic nitrogens is 3. The fourth-order valence-electron chi connectivity index (χ4n) is 6.34. The van der Waals surface area contributed by atoms with E-state index in [2.05, 4.69) is 78.9 Å². The molecule has 4 heteroatoms. The van der Waals surface area contributed by atoms with Crippen LogP contribution in [0.15, 0.2) is 140 Å². The van der Waals surface area contributed by atoms with Gasteiger partial charge in [0.05, 0.1) is 0 Å². The molecule has 0 unspecified atom stereocenters. The van der Waals surface area contributed by atoms with Crippen molar-refractivity contribution in [2.24, 2.45) is 0 Å². The van der Waals surface area contributed by atoms with Crippen molar-refractivity contribution in [3.05, 3.63) is 140 Å². The van der Waals surface area contributed by atoms with Gasteiger partial charge in [0.1, 0.15) is 0 Å². The Morgan fingerprint density at radius 2 is 0.837 bits per heavy atom. The zero-order valence-electron chi connectivity index (χ0n) is 23.0. The molecule has 0 aliphatic heterocycles. The molecule has 0 saturated heterocycles. The molecule has 0 saturated carbocycles. The summed E-state index contributed by atoms with van der Waals surface area (Å²) < 4.78 is 2.93. The second-order valence-electron chi connectivity index (χ2n) is 10.8. The van der Waals surface area contributed by atoms with Crippen LogP contribution in [0, 0.1) is 0 Å². The largest absolute Gasteiger partial charge is 0.0615 e. The van der Waals surface area contributed by atoms with E-state index in [1.54, 1.807) is 0 Å². The summed E-state index contributed by atoms with van der Waals surface area (Å²) in [4.78, 5) is 14.9. The normalized spacial score (nSPS) is 11.7. The molecular weight excluding hydrogens is 589 g/mol. The van der Waals surface area contributed by atoms with Crippen molar-refractivity contribution in [1.82, 2.24) is 15.0 Å². The van der Waals surface area contributed by atoms with Gasteiger partial charge >= 0.3 is 194 Å². The standard InChI is InChI=1S/C39H23N3Se/c1-3-11-24(12-4-1)37-40-38(25-13-5-2-6-14-25)42-39(41-37)26-19-20-28-30-21-22-34-36(31-17-9-10-18-33(31)43-34)35(30)29-16-8-7-15-27(29)32(28)23-26/h1-23H. The monoisotopic (exact) mass is 613 g/mol. The van der Waals surface area contributed by atoms with Crippen LogP contribution in [0.2, 0.25) is 0 Å². The number of fused-ring (bicyclic) bond motifs is 10. The average Bonchev–Trinajstić information content (AvgIpc) is 3.47. The smallest absolute Gasteiger partial charge is 0.0512 e. The van der Waals surface area contributed by atoms with E-state index in [4.69, 9.17) is 15.0 Å². The fourth-order valence-corrected chi connectivity index (χ4v) is 8.67. The van der Waals surface area contributed by atoms with Crippen LogP contribution in [-0.4, -0.2) is 29.5 Å². The van der Waals surface area contributed by atoms with Gasteiger partial charge in [0.25, 0.3) is 0 Å². The molecule has 7 aromatic carbocycles. The average molecular weight is 613 g/mol. The van der Waals surface area contributed by atoms with Gasteiger partial charge in [-0.05, 0) is 0 Å². The SMILES string of the molecule is c1ccc(-c2nc(-c3ccccc3)nc(-c3ccc4c(c3)c3ccccc3c3c4ccc4[se]c5ccccc5c43)n2)cc1. The molecule has 9 rings (SSSR count). The second-order valence-corrected chi connectivity index (χ2v) is 13.1. The van der Waals surface area contributed by atoms with Gasteiger partial charge in [0.15, 0.2) is 0 Å². The Labute approximate surface area is 253 Å². The zero-order chi connectivity index (χ0) is 28.3. The van der Waals surface area contributed by atoms with E-state index in [1.807, 2.05) is 60.7 Å². The summed E-state index contributed by atoms with van der Waals surface area (Å²) in [6.45, 7) is 0. The maximum atomic E-state index is 5.00. The van der Waals surface area contributed by atoms with E-state index in [0.717, 1.165) is 16.7 Å². The first-order chi connectivity index (χ1) is 21.3. The first kappa shape index (κ1) is 24.4. The third kappa shape index (κ3) is 3.92. The van der Waals surface area contributed by atoms with Gasteiger partial charge in [0, 0.05) is 0 Å². The van der Waals surface area contributed by atoms with Crippen LogP contribution in [0.3, 0.4) is 0 Å². The number of hydrogen-bond donors (Lipinski definition) is 0. The summed E-state index contributed by atoms with van der Waals surface area (Å²) >= 11 is 0.325. The molecule has 43 heavy (non-hydrogen) atoms. The van der Waals surface area contributed by atoms with E-state index in [-0.39, 0.29) is 0 Å². The summed E-state index contributed by atoms with van der Waals surface area (Å²) in [5.41, 5.74) is 2.91. The van der Waals surface area contributed by atoms with Crippen molar-refractivity contribution < 1.29 is 0 Å². The number of hydrogen-bond acceptors (Lipinski definition) is 3. The van der Waals surface area contributed by atoms with Gasteiger partial charge in [0.2, 0.25) is 0 Å². The van der Waals surface area contributed by atoms with Crippen LogP contribution in [0.25, 0.3) is 85.8 Å². The minimum absolute atomic E-state index is 0.325. The van der Waals surface area contributed by atoms with Gasteiger partial charge in [-0.25, -0.2) is 0 Å². The van der Waals surface area contributed by atoms with Crippen LogP contribution in [0.4, 0.5) is 0 Å². The maximum absolute atomic E-state index is 5.00. The Morgan fingerprint density at radius 3 is 1.53 bits per heavy atom. The van der Waals surface area contributed by atoms with Crippen molar-refractivity contribution in [3.63, 3.8) is 0 Å². The molecule has 0 N–H and O–H groups in total. The molecule has 0 fully saturated rings. The molecule has 0 radical (unpaired) electrons. The van der Waals surface area contributed by atoms with Crippen LogP contribution in [0.1, 0.15) is 0 Å². The molecule has 2 heterocycles. The fraction of sp³-hybridized carbons (Fsp3) is 0. The Bertz CT molecular complexity index is 2420. The summed E-state index contributed by atoms with van der Waals surface area (Å²) in [5, 5.41) is 10.4. The topological polar surface area (TPSA) is 38.7 Å². The molecule has 3 nitrogen and oxygen atoms in total. The number of benzene rings is 7. The van der Waals surface area contributed by atoms with Crippen molar-refractivity contribution in [1.29, 1.82) is 0 Å². The predicted octanol–water partition coefficient (Wildman–Crippen LogP) is 9.70. The van der Waals surface area contributed by atoms with Gasteiger partial charge in [-0.1, -0.05) is 60.7 Å². The van der Waals surface area contributed by atoms with E-state index >= 15 is 0 Å². The maximum Gasteiger partial charge on any atom is -0.0512 e. The molecule has 0 aliphatic rings. The van der Waals surface area contributed by atoms with Crippen molar-refractivity contribution in [2.45, 2.75) is 0 Å². The molecule has 0 bridgehead atoms. The Morgan fingerprint density at radius 1 is 0.326 bits per heavy atom. The summed E-state index contributed by atoms with van der Waals surface area (Å²) in [7, 11) is 0. The quantitative estimate of drug-likeness (QED) is 0.147. The molecule has 0 spiro atoms. The minimum Gasteiger partial charge on any atom is -0.0615 e. The minimum atomic E-state index is 0.325. The third-order valence-electron chi connectivity index (χ3n) is 8.30. The molecule has 2 aromatic heterocycles. The van der Waals surface area contributed by atoms with E-state index in [9.17, 15) is 0 Å². The Balaban J connectivity index is 1.34. The molecule has 200 valence electrons. The van der Waals surface area contributed by atoms with E-state index in [0.29, 0.717) is 32.0 Å². The molecule has 0 amide bonds. The summed E-state index contributed by atoms with van der Waals surface area (Å²) in [6, 6.07) is 49.4. The molecule has 9 aromatic rings. The second kappa shape index (κ2) is 9.71. The van der Waals surface area contributed by atoms with E-state index in [1.165, 1.54) is 51.6 Å². The zero-order valence-corrected chi connectivity index (χ0v) is 24.7. The Kier molecular flexibility index (Phi) is 5.52. The third-order valence-corrected chi connectivity index (χ3v) is 10.7. The van der Waals surface area contributed by atoms with Crippen LogP contribution < -0.4 is 0 Å².